The average molecular weight is 463 g/mol. The maximum absolute atomic E-state index is 13.0. The van der Waals surface area contributed by atoms with Crippen molar-refractivity contribution >= 4 is 21.8 Å². The number of ether oxygens (including phenoxy) is 2. The number of esters is 1. The number of hydrogen-bond acceptors (Lipinski definition) is 6. The van der Waals surface area contributed by atoms with Gasteiger partial charge in [-0.3, -0.25) is 4.79 Å². The SMILES string of the molecule is CCCn1c(C)cc(C(=O)COC(=O)c2ccc(C)c(S(=O)(=O)N3CCOCC3)c2)c1C. The van der Waals surface area contributed by atoms with Gasteiger partial charge in [-0.2, -0.15) is 4.31 Å². The van der Waals surface area contributed by atoms with Crippen molar-refractivity contribution in [1.82, 2.24) is 8.87 Å². The molecule has 1 saturated heterocycles. The van der Waals surface area contributed by atoms with Crippen molar-refractivity contribution in [3.63, 3.8) is 0 Å². The zero-order valence-electron chi connectivity index (χ0n) is 19.0. The molecule has 1 aliphatic rings. The molecule has 1 aliphatic heterocycles. The number of rotatable bonds is 8. The Morgan fingerprint density at radius 2 is 1.78 bits per heavy atom. The molecule has 1 fully saturated rings. The molecule has 3 rings (SSSR count). The van der Waals surface area contributed by atoms with Crippen molar-refractivity contribution in [1.29, 1.82) is 0 Å². The molecule has 32 heavy (non-hydrogen) atoms. The summed E-state index contributed by atoms with van der Waals surface area (Å²) in [6.07, 6.45) is 0.947. The first-order chi connectivity index (χ1) is 15.2. The first-order valence-corrected chi connectivity index (χ1v) is 12.2. The second-order valence-corrected chi connectivity index (χ2v) is 9.84. The number of aromatic nitrogens is 1. The number of nitrogens with zero attached hydrogens (tertiary/aromatic N) is 2. The van der Waals surface area contributed by atoms with Crippen LogP contribution in [0.2, 0.25) is 0 Å². The zero-order chi connectivity index (χ0) is 23.5. The zero-order valence-corrected chi connectivity index (χ0v) is 19.8. The molecule has 0 aliphatic carbocycles. The van der Waals surface area contributed by atoms with E-state index in [4.69, 9.17) is 9.47 Å². The molecule has 2 aromatic rings. The molecule has 0 spiro atoms. The van der Waals surface area contributed by atoms with E-state index < -0.39 is 22.6 Å². The Morgan fingerprint density at radius 1 is 1.09 bits per heavy atom. The van der Waals surface area contributed by atoms with Gasteiger partial charge in [0.15, 0.2) is 6.61 Å². The van der Waals surface area contributed by atoms with Crippen molar-refractivity contribution in [3.8, 4) is 0 Å². The highest BCUT2D eigenvalue weighted by molar-refractivity contribution is 7.89. The third kappa shape index (κ3) is 4.95. The number of carbonyl (C=O) groups excluding carboxylic acids is 2. The maximum Gasteiger partial charge on any atom is 0.338 e. The van der Waals surface area contributed by atoms with Crippen LogP contribution in [0.5, 0.6) is 0 Å². The van der Waals surface area contributed by atoms with Gasteiger partial charge in [0.05, 0.1) is 23.7 Å². The number of hydrogen-bond donors (Lipinski definition) is 0. The standard InChI is InChI=1S/C23H30N2O6S/c1-5-8-25-17(3)13-20(18(25)4)21(26)15-31-23(27)19-7-6-16(2)22(14-19)32(28,29)24-9-11-30-12-10-24/h6-7,13-14H,5,8-12,15H2,1-4H3. The quantitative estimate of drug-likeness (QED) is 0.442. The number of sulfonamides is 1. The summed E-state index contributed by atoms with van der Waals surface area (Å²) in [5.41, 5.74) is 2.98. The van der Waals surface area contributed by atoms with Gasteiger partial charge in [-0.15, -0.1) is 0 Å². The lowest BCUT2D eigenvalue weighted by Gasteiger charge is -2.26. The highest BCUT2D eigenvalue weighted by Crippen LogP contribution is 2.23. The van der Waals surface area contributed by atoms with E-state index >= 15 is 0 Å². The number of carbonyl (C=O) groups is 2. The first kappa shape index (κ1) is 24.2. The third-order valence-corrected chi connectivity index (χ3v) is 7.71. The lowest BCUT2D eigenvalue weighted by Crippen LogP contribution is -2.40. The molecule has 1 aromatic heterocycles. The van der Waals surface area contributed by atoms with Gasteiger partial charge in [0.25, 0.3) is 0 Å². The van der Waals surface area contributed by atoms with E-state index in [9.17, 15) is 18.0 Å². The van der Waals surface area contributed by atoms with Crippen LogP contribution < -0.4 is 0 Å². The van der Waals surface area contributed by atoms with Gasteiger partial charge < -0.3 is 14.0 Å². The van der Waals surface area contributed by atoms with Crippen LogP contribution in [0.25, 0.3) is 0 Å². The molecule has 0 amide bonds. The summed E-state index contributed by atoms with van der Waals surface area (Å²) in [4.78, 5) is 25.3. The molecule has 0 radical (unpaired) electrons. The highest BCUT2D eigenvalue weighted by Gasteiger charge is 2.29. The summed E-state index contributed by atoms with van der Waals surface area (Å²) in [6.45, 7) is 9.16. The fraction of sp³-hybridized carbons (Fsp3) is 0.478. The maximum atomic E-state index is 13.0. The fourth-order valence-corrected chi connectivity index (χ4v) is 5.53. The Hall–Kier alpha value is -2.49. The fourth-order valence-electron chi connectivity index (χ4n) is 3.87. The molecular weight excluding hydrogens is 432 g/mol. The van der Waals surface area contributed by atoms with E-state index in [1.165, 1.54) is 16.4 Å². The molecular formula is C23H30N2O6S. The molecule has 8 nitrogen and oxygen atoms in total. The predicted molar refractivity (Wildman–Crippen MR) is 120 cm³/mol. The average Bonchev–Trinajstić information content (AvgIpc) is 3.06. The minimum Gasteiger partial charge on any atom is -0.454 e. The topological polar surface area (TPSA) is 94.9 Å². The molecule has 0 atom stereocenters. The number of ketones is 1. The van der Waals surface area contributed by atoms with E-state index in [0.29, 0.717) is 24.3 Å². The van der Waals surface area contributed by atoms with Crippen LogP contribution in [0.15, 0.2) is 29.2 Å². The van der Waals surface area contributed by atoms with Gasteiger partial charge in [0.1, 0.15) is 0 Å². The van der Waals surface area contributed by atoms with Crippen LogP contribution in [0.3, 0.4) is 0 Å². The summed E-state index contributed by atoms with van der Waals surface area (Å²) in [7, 11) is -3.76. The smallest absolute Gasteiger partial charge is 0.338 e. The molecule has 0 N–H and O–H groups in total. The number of Topliss-reactive ketones (excluding diaryl/α,β-unsaturated/α-hetero) is 1. The van der Waals surface area contributed by atoms with Gasteiger partial charge in [-0.1, -0.05) is 13.0 Å². The van der Waals surface area contributed by atoms with Crippen LogP contribution in [0.4, 0.5) is 0 Å². The van der Waals surface area contributed by atoms with Crippen molar-refractivity contribution in [3.05, 3.63) is 52.3 Å². The lowest BCUT2D eigenvalue weighted by atomic mass is 10.1. The van der Waals surface area contributed by atoms with Gasteiger partial charge in [0.2, 0.25) is 15.8 Å². The molecule has 174 valence electrons. The Morgan fingerprint density at radius 3 is 2.44 bits per heavy atom. The Kier molecular flexibility index (Phi) is 7.53. The summed E-state index contributed by atoms with van der Waals surface area (Å²) in [5.74, 6) is -1.03. The molecule has 0 saturated carbocycles. The summed E-state index contributed by atoms with van der Waals surface area (Å²) in [6, 6.07) is 6.21. The van der Waals surface area contributed by atoms with Gasteiger partial charge in [-0.05, 0) is 51.0 Å². The van der Waals surface area contributed by atoms with E-state index in [1.807, 2.05) is 13.8 Å². The van der Waals surface area contributed by atoms with Crippen LogP contribution in [-0.4, -0.2) is 62.0 Å². The second-order valence-electron chi connectivity index (χ2n) is 7.93. The van der Waals surface area contributed by atoms with Crippen LogP contribution in [-0.2, 0) is 26.0 Å². The number of benzene rings is 1. The molecule has 0 bridgehead atoms. The summed E-state index contributed by atoms with van der Waals surface area (Å²) >= 11 is 0. The van der Waals surface area contributed by atoms with Crippen molar-refractivity contribution in [2.24, 2.45) is 0 Å². The monoisotopic (exact) mass is 462 g/mol. The Balaban J connectivity index is 1.74. The molecule has 0 unspecified atom stereocenters. The normalized spacial score (nSPS) is 15.0. The largest absolute Gasteiger partial charge is 0.454 e. The Bertz CT molecular complexity index is 1110. The van der Waals surface area contributed by atoms with Crippen LogP contribution >= 0.6 is 0 Å². The second kappa shape index (κ2) is 9.97. The van der Waals surface area contributed by atoms with Crippen molar-refractivity contribution in [2.45, 2.75) is 45.6 Å². The highest BCUT2D eigenvalue weighted by atomic mass is 32.2. The molecule has 1 aromatic carbocycles. The summed E-state index contributed by atoms with van der Waals surface area (Å²) in [5, 5.41) is 0. The predicted octanol–water partition coefficient (Wildman–Crippen LogP) is 2.88. The van der Waals surface area contributed by atoms with Crippen LogP contribution in [0.1, 0.15) is 51.0 Å². The Labute approximate surface area is 189 Å². The van der Waals surface area contributed by atoms with E-state index in [1.54, 1.807) is 19.1 Å². The first-order valence-electron chi connectivity index (χ1n) is 10.7. The van der Waals surface area contributed by atoms with Crippen molar-refractivity contribution < 1.29 is 27.5 Å². The van der Waals surface area contributed by atoms with Crippen LogP contribution in [0, 0.1) is 20.8 Å². The number of morpholine rings is 1. The lowest BCUT2D eigenvalue weighted by molar-refractivity contribution is 0.0474. The van der Waals surface area contributed by atoms with E-state index in [-0.39, 0.29) is 29.3 Å². The third-order valence-electron chi connectivity index (χ3n) is 5.67. The minimum absolute atomic E-state index is 0.0586. The van der Waals surface area contributed by atoms with E-state index in [0.717, 1.165) is 24.4 Å². The van der Waals surface area contributed by atoms with Gasteiger partial charge in [-0.25, -0.2) is 13.2 Å². The number of aryl methyl sites for hydroxylation is 2. The van der Waals surface area contributed by atoms with Gasteiger partial charge in [0, 0.05) is 36.6 Å². The van der Waals surface area contributed by atoms with E-state index in [2.05, 4.69) is 11.5 Å². The van der Waals surface area contributed by atoms with Gasteiger partial charge >= 0.3 is 5.97 Å². The minimum atomic E-state index is -3.76. The summed E-state index contributed by atoms with van der Waals surface area (Å²) < 4.78 is 39.9. The van der Waals surface area contributed by atoms with Crippen molar-refractivity contribution in [2.75, 3.05) is 32.9 Å². The molecule has 2 heterocycles. The molecule has 9 heteroatoms.